The van der Waals surface area contributed by atoms with Gasteiger partial charge in [-0.3, -0.25) is 4.79 Å². The van der Waals surface area contributed by atoms with Crippen LogP contribution in [0.3, 0.4) is 0 Å². The number of halogens is 1. The van der Waals surface area contributed by atoms with E-state index >= 15 is 0 Å². The van der Waals surface area contributed by atoms with Gasteiger partial charge in [0.2, 0.25) is 11.7 Å². The molecule has 0 heterocycles. The van der Waals surface area contributed by atoms with Crippen molar-refractivity contribution in [3.05, 3.63) is 12.1 Å². The molecule has 8 nitrogen and oxygen atoms in total. The van der Waals surface area contributed by atoms with E-state index in [4.69, 9.17) is 14.2 Å². The van der Waals surface area contributed by atoms with Crippen LogP contribution in [0.4, 0.5) is 5.69 Å². The van der Waals surface area contributed by atoms with Gasteiger partial charge in [-0.05, 0) is 5.92 Å². The van der Waals surface area contributed by atoms with Crippen molar-refractivity contribution in [2.75, 3.05) is 53.8 Å². The van der Waals surface area contributed by atoms with Crippen LogP contribution in [0.2, 0.25) is 0 Å². The quantitative estimate of drug-likeness (QED) is 0.328. The van der Waals surface area contributed by atoms with E-state index in [-0.39, 0.29) is 36.4 Å². The lowest BCUT2D eigenvalue weighted by Gasteiger charge is -2.18. The molecule has 1 aromatic carbocycles. The van der Waals surface area contributed by atoms with Crippen LogP contribution in [-0.2, 0) is 4.79 Å². The number of ether oxygens (including phenoxy) is 3. The number of hydrogen-bond acceptors (Lipinski definition) is 5. The average molecular weight is 494 g/mol. The summed E-state index contributed by atoms with van der Waals surface area (Å²) in [6.07, 6.45) is 0. The van der Waals surface area contributed by atoms with E-state index in [1.807, 2.05) is 0 Å². The largest absolute Gasteiger partial charge is 0.493 e. The Balaban J connectivity index is 0.00000676. The van der Waals surface area contributed by atoms with Gasteiger partial charge in [0.15, 0.2) is 17.5 Å². The molecule has 154 valence electrons. The van der Waals surface area contributed by atoms with Crippen molar-refractivity contribution in [2.24, 2.45) is 10.9 Å². The van der Waals surface area contributed by atoms with Gasteiger partial charge in [0.05, 0.1) is 21.3 Å². The zero-order chi connectivity index (χ0) is 19.7. The van der Waals surface area contributed by atoms with Gasteiger partial charge in [-0.15, -0.1) is 24.0 Å². The third-order valence-electron chi connectivity index (χ3n) is 3.48. The summed E-state index contributed by atoms with van der Waals surface area (Å²) in [5, 5.41) is 6.40. The predicted octanol–water partition coefficient (Wildman–Crippen LogP) is 2.43. The maximum absolute atomic E-state index is 11.8. The number of carbonyl (C=O) groups is 1. The summed E-state index contributed by atoms with van der Waals surface area (Å²) in [6.45, 7) is 4.95. The van der Waals surface area contributed by atoms with Gasteiger partial charge in [0, 0.05) is 38.5 Å². The normalized spacial score (nSPS) is 10.7. The van der Waals surface area contributed by atoms with Crippen LogP contribution in [0.25, 0.3) is 0 Å². The van der Waals surface area contributed by atoms with Gasteiger partial charge in [-0.2, -0.15) is 0 Å². The molecule has 1 aromatic rings. The third kappa shape index (κ3) is 8.10. The summed E-state index contributed by atoms with van der Waals surface area (Å²) in [5.74, 6) is 2.41. The summed E-state index contributed by atoms with van der Waals surface area (Å²) < 4.78 is 16.1. The van der Waals surface area contributed by atoms with E-state index in [9.17, 15) is 4.79 Å². The van der Waals surface area contributed by atoms with Crippen molar-refractivity contribution in [2.45, 2.75) is 13.8 Å². The molecule has 0 saturated carbocycles. The summed E-state index contributed by atoms with van der Waals surface area (Å²) in [4.78, 5) is 17.7. The van der Waals surface area contributed by atoms with Gasteiger partial charge >= 0.3 is 0 Å². The minimum atomic E-state index is -0.0828. The molecular formula is C18H31IN4O4. The van der Waals surface area contributed by atoms with E-state index in [1.54, 1.807) is 47.6 Å². The maximum Gasteiger partial charge on any atom is 0.243 e. The molecule has 0 fully saturated rings. The Morgan fingerprint density at radius 2 is 1.67 bits per heavy atom. The van der Waals surface area contributed by atoms with Gasteiger partial charge in [-0.1, -0.05) is 13.8 Å². The summed E-state index contributed by atoms with van der Waals surface area (Å²) >= 11 is 0. The lowest BCUT2D eigenvalue weighted by Crippen LogP contribution is -2.35. The molecular weight excluding hydrogens is 463 g/mol. The first kappa shape index (κ1) is 25.1. The number of guanidine groups is 1. The molecule has 1 rings (SSSR count). The molecule has 27 heavy (non-hydrogen) atoms. The molecule has 0 aliphatic rings. The fourth-order valence-corrected chi connectivity index (χ4v) is 2.02. The Labute approximate surface area is 178 Å². The minimum absolute atomic E-state index is 0. The molecule has 0 aliphatic heterocycles. The van der Waals surface area contributed by atoms with E-state index in [0.29, 0.717) is 41.4 Å². The topological polar surface area (TPSA) is 84.4 Å². The maximum atomic E-state index is 11.8. The number of rotatable bonds is 8. The monoisotopic (exact) mass is 494 g/mol. The third-order valence-corrected chi connectivity index (χ3v) is 3.48. The standard InChI is InChI=1S/C18H30N4O4.HI/c1-12(2)10-19-18(20-11-16(23)22(3)4)21-13-8-14(24-5)17(26-7)15(9-13)25-6;/h8-9,12H,10-11H2,1-7H3,(H2,19,20,21);1H. The second-order valence-corrected chi connectivity index (χ2v) is 6.27. The SMILES string of the molecule is COc1cc(NC(=NCC(=O)N(C)C)NCC(C)C)cc(OC)c1OC.I. The van der Waals surface area contributed by atoms with Crippen LogP contribution in [0.15, 0.2) is 17.1 Å². The van der Waals surface area contributed by atoms with Crippen molar-refractivity contribution in [3.63, 3.8) is 0 Å². The summed E-state index contributed by atoms with van der Waals surface area (Å²) in [5.41, 5.74) is 0.701. The van der Waals surface area contributed by atoms with E-state index in [0.717, 1.165) is 0 Å². The molecule has 0 radical (unpaired) electrons. The van der Waals surface area contributed by atoms with Crippen molar-refractivity contribution in [1.29, 1.82) is 0 Å². The molecule has 0 atom stereocenters. The number of carbonyl (C=O) groups excluding carboxylic acids is 1. The van der Waals surface area contributed by atoms with Crippen LogP contribution in [0.5, 0.6) is 17.2 Å². The molecule has 0 unspecified atom stereocenters. The van der Waals surface area contributed by atoms with Crippen LogP contribution in [0, 0.1) is 5.92 Å². The van der Waals surface area contributed by atoms with Crippen LogP contribution >= 0.6 is 24.0 Å². The zero-order valence-electron chi connectivity index (χ0n) is 17.1. The van der Waals surface area contributed by atoms with Crippen molar-refractivity contribution in [3.8, 4) is 17.2 Å². The Morgan fingerprint density at radius 1 is 1.11 bits per heavy atom. The molecule has 1 amide bonds. The number of benzene rings is 1. The van der Waals surface area contributed by atoms with Gasteiger partial charge in [0.1, 0.15) is 6.54 Å². The number of amides is 1. The summed E-state index contributed by atoms with van der Waals surface area (Å²) in [6, 6.07) is 3.56. The zero-order valence-corrected chi connectivity index (χ0v) is 19.4. The van der Waals surface area contributed by atoms with Crippen molar-refractivity contribution >= 4 is 41.5 Å². The molecule has 0 spiro atoms. The summed E-state index contributed by atoms with van der Waals surface area (Å²) in [7, 11) is 8.07. The molecule has 0 saturated heterocycles. The minimum Gasteiger partial charge on any atom is -0.493 e. The number of nitrogens with one attached hydrogen (secondary N) is 2. The Morgan fingerprint density at radius 3 is 2.07 bits per heavy atom. The van der Waals surface area contributed by atoms with Crippen LogP contribution in [-0.4, -0.2) is 65.3 Å². The van der Waals surface area contributed by atoms with E-state index in [2.05, 4.69) is 29.5 Å². The lowest BCUT2D eigenvalue weighted by molar-refractivity contribution is -0.127. The fourth-order valence-electron chi connectivity index (χ4n) is 2.02. The highest BCUT2D eigenvalue weighted by Gasteiger charge is 2.14. The first-order chi connectivity index (χ1) is 12.3. The van der Waals surface area contributed by atoms with Crippen LogP contribution in [0.1, 0.15) is 13.8 Å². The average Bonchev–Trinajstić information content (AvgIpc) is 2.62. The number of methoxy groups -OCH3 is 3. The van der Waals surface area contributed by atoms with Gasteiger partial charge in [0.25, 0.3) is 0 Å². The highest BCUT2D eigenvalue weighted by Crippen LogP contribution is 2.39. The number of hydrogen-bond donors (Lipinski definition) is 2. The molecule has 0 aromatic heterocycles. The highest BCUT2D eigenvalue weighted by atomic mass is 127. The highest BCUT2D eigenvalue weighted by molar-refractivity contribution is 14.0. The van der Waals surface area contributed by atoms with Crippen LogP contribution < -0.4 is 24.8 Å². The van der Waals surface area contributed by atoms with E-state index in [1.165, 1.54) is 4.90 Å². The second-order valence-electron chi connectivity index (χ2n) is 6.27. The first-order valence-corrected chi connectivity index (χ1v) is 8.37. The Kier molecular flexibility index (Phi) is 11.6. The van der Waals surface area contributed by atoms with Crippen molar-refractivity contribution < 1.29 is 19.0 Å². The fraction of sp³-hybridized carbons (Fsp3) is 0.556. The van der Waals surface area contributed by atoms with Crippen molar-refractivity contribution in [1.82, 2.24) is 10.2 Å². The molecule has 0 aliphatic carbocycles. The smallest absolute Gasteiger partial charge is 0.243 e. The first-order valence-electron chi connectivity index (χ1n) is 8.37. The lowest BCUT2D eigenvalue weighted by atomic mass is 10.2. The van der Waals surface area contributed by atoms with Gasteiger partial charge < -0.3 is 29.7 Å². The Bertz CT molecular complexity index is 611. The second kappa shape index (κ2) is 12.5. The number of aliphatic imine (C=N–C) groups is 1. The number of anilines is 1. The molecule has 2 N–H and O–H groups in total. The number of likely N-dealkylation sites (N-methyl/N-ethyl adjacent to an activating group) is 1. The molecule has 0 bridgehead atoms. The van der Waals surface area contributed by atoms with E-state index < -0.39 is 0 Å². The molecule has 9 heteroatoms. The number of nitrogens with zero attached hydrogens (tertiary/aromatic N) is 2. The van der Waals surface area contributed by atoms with Gasteiger partial charge in [-0.25, -0.2) is 4.99 Å². The Hall–Kier alpha value is -1.91. The predicted molar refractivity (Wildman–Crippen MR) is 119 cm³/mol.